The summed E-state index contributed by atoms with van der Waals surface area (Å²) in [6, 6.07) is 11.6. The van der Waals surface area contributed by atoms with Gasteiger partial charge in [0.05, 0.1) is 16.6 Å². The van der Waals surface area contributed by atoms with E-state index in [1.165, 1.54) is 6.07 Å². The third-order valence-electron chi connectivity index (χ3n) is 6.29. The fraction of sp³-hybridized carbons (Fsp3) is 0.375. The van der Waals surface area contributed by atoms with E-state index in [4.69, 9.17) is 9.97 Å². The number of nitrogens with one attached hydrogen (secondary N) is 2. The number of carbonyl (C=O) groups excluding carboxylic acids is 1. The highest BCUT2D eigenvalue weighted by molar-refractivity contribution is 6.05. The number of halogens is 1. The van der Waals surface area contributed by atoms with Gasteiger partial charge in [-0.25, -0.2) is 14.4 Å². The average Bonchev–Trinajstić information content (AvgIpc) is 3.48. The molecule has 1 aromatic carbocycles. The zero-order valence-electron chi connectivity index (χ0n) is 18.1. The zero-order chi connectivity index (χ0) is 22.0. The smallest absolute Gasteiger partial charge is 0.255 e. The lowest BCUT2D eigenvalue weighted by Gasteiger charge is -2.37. The van der Waals surface area contributed by atoms with Gasteiger partial charge in [0.2, 0.25) is 0 Å². The number of amides is 1. The summed E-state index contributed by atoms with van der Waals surface area (Å²) < 4.78 is 17.2. The van der Waals surface area contributed by atoms with Crippen LogP contribution in [0.1, 0.15) is 37.0 Å². The number of benzene rings is 1. The number of carbonyl (C=O) groups is 1. The molecule has 2 aliphatic rings. The van der Waals surface area contributed by atoms with Crippen LogP contribution in [0.3, 0.4) is 0 Å². The number of nitrogens with zero attached hydrogens (tertiary/aromatic N) is 4. The molecular formula is C24H25FN6O. The second-order valence-electron chi connectivity index (χ2n) is 9.15. The molecule has 2 unspecified atom stereocenters. The molecule has 1 aliphatic carbocycles. The quantitative estimate of drug-likeness (QED) is 0.520. The molecule has 3 aromatic heterocycles. The van der Waals surface area contributed by atoms with Gasteiger partial charge in [0.25, 0.3) is 5.91 Å². The van der Waals surface area contributed by atoms with Crippen LogP contribution in [0.4, 0.5) is 10.2 Å². The minimum atomic E-state index is -0.379. The van der Waals surface area contributed by atoms with Crippen LogP contribution in [0.5, 0.6) is 0 Å². The van der Waals surface area contributed by atoms with Crippen molar-refractivity contribution < 1.29 is 9.18 Å². The lowest BCUT2D eigenvalue weighted by Crippen LogP contribution is -2.54. The first-order valence-corrected chi connectivity index (χ1v) is 11.2. The Kier molecular flexibility index (Phi) is 4.33. The first-order chi connectivity index (χ1) is 15.5. The Morgan fingerprint density at radius 1 is 1.09 bits per heavy atom. The van der Waals surface area contributed by atoms with Crippen LogP contribution >= 0.6 is 0 Å². The van der Waals surface area contributed by atoms with E-state index in [0.717, 1.165) is 23.9 Å². The normalized spacial score (nSPS) is 21.5. The van der Waals surface area contributed by atoms with E-state index in [2.05, 4.69) is 24.5 Å². The van der Waals surface area contributed by atoms with Crippen molar-refractivity contribution in [3.05, 3.63) is 47.8 Å². The molecule has 4 heterocycles. The number of pyridine rings is 2. The molecular weight excluding hydrogens is 407 g/mol. The van der Waals surface area contributed by atoms with Crippen LogP contribution in [0.2, 0.25) is 0 Å². The van der Waals surface area contributed by atoms with Gasteiger partial charge in [-0.1, -0.05) is 12.1 Å². The number of imidazole rings is 1. The number of aromatic nitrogens is 3. The molecule has 2 N–H and O–H groups in total. The molecule has 0 bridgehead atoms. The summed E-state index contributed by atoms with van der Waals surface area (Å²) in [6.07, 6.45) is 1.99. The van der Waals surface area contributed by atoms with Gasteiger partial charge in [0, 0.05) is 36.6 Å². The van der Waals surface area contributed by atoms with E-state index < -0.39 is 0 Å². The van der Waals surface area contributed by atoms with Crippen molar-refractivity contribution in [2.75, 3.05) is 18.0 Å². The molecule has 7 nitrogen and oxygen atoms in total. The Morgan fingerprint density at radius 2 is 1.84 bits per heavy atom. The molecule has 2 fully saturated rings. The highest BCUT2D eigenvalue weighted by Crippen LogP contribution is 2.30. The van der Waals surface area contributed by atoms with Crippen LogP contribution in [0.15, 0.2) is 36.4 Å². The summed E-state index contributed by atoms with van der Waals surface area (Å²) in [6.45, 7) is 5.53. The van der Waals surface area contributed by atoms with E-state index in [1.807, 2.05) is 33.6 Å². The van der Waals surface area contributed by atoms with Gasteiger partial charge in [-0.2, -0.15) is 0 Å². The summed E-state index contributed by atoms with van der Waals surface area (Å²) in [4.78, 5) is 24.6. The van der Waals surface area contributed by atoms with Crippen LogP contribution < -0.4 is 15.5 Å². The van der Waals surface area contributed by atoms with Crippen molar-refractivity contribution in [2.45, 2.75) is 44.8 Å². The van der Waals surface area contributed by atoms with Gasteiger partial charge in [0.1, 0.15) is 5.65 Å². The fourth-order valence-corrected chi connectivity index (χ4v) is 4.79. The Morgan fingerprint density at radius 3 is 2.59 bits per heavy atom. The van der Waals surface area contributed by atoms with Crippen molar-refractivity contribution >= 4 is 39.4 Å². The number of anilines is 1. The maximum absolute atomic E-state index is 15.3. The number of piperazine rings is 1. The van der Waals surface area contributed by atoms with Gasteiger partial charge in [-0.05, 0) is 51.0 Å². The molecule has 1 aliphatic heterocycles. The molecule has 1 saturated carbocycles. The highest BCUT2D eigenvalue weighted by Gasteiger charge is 2.28. The van der Waals surface area contributed by atoms with E-state index in [1.54, 1.807) is 6.07 Å². The standard InChI is InChI=1S/C24H25FN6O/c1-13-11-30(12-14(2)26-13)23-18(25)10-15-9-17(24(32)27-16-7-8-16)22-28-19-5-3-4-6-20(19)31(22)21(15)29-23/h3-6,9-10,13-14,16,26H,7-8,11-12H2,1-2H3,(H,27,32). The van der Waals surface area contributed by atoms with Crippen LogP contribution in [0.25, 0.3) is 27.7 Å². The van der Waals surface area contributed by atoms with E-state index in [9.17, 15) is 4.79 Å². The Balaban J connectivity index is 1.60. The molecule has 0 spiro atoms. The molecule has 2 atom stereocenters. The summed E-state index contributed by atoms with van der Waals surface area (Å²) in [7, 11) is 0. The maximum atomic E-state index is 15.3. The van der Waals surface area contributed by atoms with Crippen molar-refractivity contribution in [1.29, 1.82) is 0 Å². The van der Waals surface area contributed by atoms with Crippen molar-refractivity contribution in [3.8, 4) is 0 Å². The third-order valence-corrected chi connectivity index (χ3v) is 6.29. The van der Waals surface area contributed by atoms with Crippen molar-refractivity contribution in [1.82, 2.24) is 25.0 Å². The molecule has 6 rings (SSSR count). The summed E-state index contributed by atoms with van der Waals surface area (Å²) in [5, 5.41) is 7.09. The molecule has 32 heavy (non-hydrogen) atoms. The third kappa shape index (κ3) is 3.17. The van der Waals surface area contributed by atoms with E-state index in [0.29, 0.717) is 41.2 Å². The average molecular weight is 433 g/mol. The lowest BCUT2D eigenvalue weighted by molar-refractivity contribution is 0.0952. The first kappa shape index (κ1) is 19.4. The molecule has 164 valence electrons. The monoisotopic (exact) mass is 432 g/mol. The van der Waals surface area contributed by atoms with Crippen molar-refractivity contribution in [2.24, 2.45) is 0 Å². The predicted octanol–water partition coefficient (Wildman–Crippen LogP) is 3.25. The number of fused-ring (bicyclic) bond motifs is 5. The van der Waals surface area contributed by atoms with Gasteiger partial charge >= 0.3 is 0 Å². The van der Waals surface area contributed by atoms with Crippen molar-refractivity contribution in [3.63, 3.8) is 0 Å². The number of para-hydroxylation sites is 2. The topological polar surface area (TPSA) is 74.6 Å². The fourth-order valence-electron chi connectivity index (χ4n) is 4.79. The SMILES string of the molecule is CC1CN(c2nc3c(cc2F)cc(C(=O)NC2CC2)c2nc4ccccc4n23)CC(C)N1. The summed E-state index contributed by atoms with van der Waals surface area (Å²) in [5.41, 5.74) is 3.22. The van der Waals surface area contributed by atoms with Crippen LogP contribution in [-0.4, -0.2) is 51.5 Å². The minimum Gasteiger partial charge on any atom is -0.351 e. The first-order valence-electron chi connectivity index (χ1n) is 11.2. The molecule has 1 amide bonds. The molecule has 0 radical (unpaired) electrons. The molecule has 1 saturated heterocycles. The number of hydrogen-bond donors (Lipinski definition) is 2. The maximum Gasteiger partial charge on any atom is 0.255 e. The Bertz CT molecular complexity index is 1370. The van der Waals surface area contributed by atoms with Gasteiger partial charge in [-0.15, -0.1) is 0 Å². The molecule has 4 aromatic rings. The minimum absolute atomic E-state index is 0.177. The summed E-state index contributed by atoms with van der Waals surface area (Å²) in [5.74, 6) is -0.216. The predicted molar refractivity (Wildman–Crippen MR) is 123 cm³/mol. The highest BCUT2D eigenvalue weighted by atomic mass is 19.1. The zero-order valence-corrected chi connectivity index (χ0v) is 18.1. The van der Waals surface area contributed by atoms with Gasteiger partial charge < -0.3 is 15.5 Å². The molecule has 8 heteroatoms. The Labute approximate surface area is 184 Å². The second kappa shape index (κ2) is 7.13. The lowest BCUT2D eigenvalue weighted by atomic mass is 10.1. The van der Waals surface area contributed by atoms with Gasteiger partial charge in [0.15, 0.2) is 17.3 Å². The van der Waals surface area contributed by atoms with E-state index in [-0.39, 0.29) is 29.8 Å². The largest absolute Gasteiger partial charge is 0.351 e. The number of hydrogen-bond acceptors (Lipinski definition) is 5. The van der Waals surface area contributed by atoms with Crippen LogP contribution in [0, 0.1) is 5.82 Å². The number of rotatable bonds is 3. The second-order valence-corrected chi connectivity index (χ2v) is 9.15. The van der Waals surface area contributed by atoms with E-state index >= 15 is 4.39 Å². The van der Waals surface area contributed by atoms with Crippen LogP contribution in [-0.2, 0) is 0 Å². The summed E-state index contributed by atoms with van der Waals surface area (Å²) >= 11 is 0. The Hall–Kier alpha value is -3.26. The van der Waals surface area contributed by atoms with Gasteiger partial charge in [-0.3, -0.25) is 9.20 Å².